The lowest BCUT2D eigenvalue weighted by Crippen LogP contribution is -2.24. The van der Waals surface area contributed by atoms with Gasteiger partial charge in [-0.2, -0.15) is 0 Å². The number of ether oxygens (including phenoxy) is 2. The van der Waals surface area contributed by atoms with Gasteiger partial charge in [-0.05, 0) is 51.3 Å². The summed E-state index contributed by atoms with van der Waals surface area (Å²) in [4.78, 5) is 0. The van der Waals surface area contributed by atoms with Gasteiger partial charge in [-0.1, -0.05) is 37.3 Å². The van der Waals surface area contributed by atoms with Crippen molar-refractivity contribution in [1.29, 1.82) is 0 Å². The van der Waals surface area contributed by atoms with Crippen LogP contribution < -0.4 is 9.47 Å². The normalized spacial score (nSPS) is 13.5. The predicted octanol–water partition coefficient (Wildman–Crippen LogP) is 4.25. The first-order chi connectivity index (χ1) is 16.2. The number of alkyl halides is 2. The molecule has 0 radical (unpaired) electrons. The van der Waals surface area contributed by atoms with E-state index in [0.29, 0.717) is 11.5 Å². The van der Waals surface area contributed by atoms with Crippen LogP contribution in [0, 0.1) is 0 Å². The van der Waals surface area contributed by atoms with Crippen LogP contribution in [0.3, 0.4) is 0 Å². The molecule has 0 bridgehead atoms. The molecule has 0 spiro atoms. The minimum atomic E-state index is -0.811. The maximum absolute atomic E-state index is 12.6. The third kappa shape index (κ3) is 6.91. The highest BCUT2D eigenvalue weighted by atomic mass is 79.9. The van der Waals surface area contributed by atoms with Crippen LogP contribution in [-0.4, -0.2) is 56.5 Å². The topological polar surface area (TPSA) is 89.6 Å². The van der Waals surface area contributed by atoms with Gasteiger partial charge in [0.25, 0.3) is 0 Å². The van der Waals surface area contributed by atoms with Crippen LogP contribution in [0.25, 0.3) is 0 Å². The van der Waals surface area contributed by atoms with Gasteiger partial charge < -0.3 is 19.7 Å². The van der Waals surface area contributed by atoms with Crippen molar-refractivity contribution in [2.24, 2.45) is 0 Å². The van der Waals surface area contributed by atoms with E-state index in [1.165, 1.54) is 10.9 Å². The van der Waals surface area contributed by atoms with E-state index >= 15 is 0 Å². The molecule has 0 aliphatic rings. The van der Waals surface area contributed by atoms with Crippen molar-refractivity contribution in [3.05, 3.63) is 70.0 Å². The molecular weight excluding hydrogens is 528 g/mol. The second kappa shape index (κ2) is 12.0. The minimum absolute atomic E-state index is 0.0698. The molecule has 3 rings (SSSR count). The Hall–Kier alpha value is -2.20. The molecule has 34 heavy (non-hydrogen) atoms. The number of aliphatic hydroxyl groups is 2. The third-order valence-electron chi connectivity index (χ3n) is 5.40. The van der Waals surface area contributed by atoms with Gasteiger partial charge >= 0.3 is 0 Å². The van der Waals surface area contributed by atoms with Gasteiger partial charge in [0.2, 0.25) is 0 Å². The molecule has 0 fully saturated rings. The molecule has 184 valence electrons. The standard InChI is InChI=1S/C24H28BrClFN3O4/c1-24(2,17-5-8-23(22(25)9-17)34-14-19(31)10-26)16-3-6-21(7-4-16)33-15-20(32)13-30-12-18(11-27)28-29-30/h3-9,12,19-20,31-32H,10-11,13-15H2,1-2H3/t19-,20-/m0/s1/i27-1. The van der Waals surface area contributed by atoms with Gasteiger partial charge in [-0.3, -0.25) is 0 Å². The summed E-state index contributed by atoms with van der Waals surface area (Å²) < 4.78 is 26.1. The Bertz CT molecular complexity index is 1060. The van der Waals surface area contributed by atoms with E-state index in [9.17, 15) is 14.6 Å². The molecule has 0 aliphatic carbocycles. The Kier molecular flexibility index (Phi) is 9.30. The van der Waals surface area contributed by atoms with Crippen LogP contribution >= 0.6 is 27.5 Å². The maximum atomic E-state index is 12.6. The number of aromatic nitrogens is 3. The summed E-state index contributed by atoms with van der Waals surface area (Å²) in [6.07, 6.45) is -0.0717. The summed E-state index contributed by atoms with van der Waals surface area (Å²) in [6.45, 7) is 3.91. The van der Waals surface area contributed by atoms with Crippen molar-refractivity contribution >= 4 is 27.5 Å². The monoisotopic (exact) mass is 554 g/mol. The lowest BCUT2D eigenvalue weighted by Gasteiger charge is -2.27. The van der Waals surface area contributed by atoms with Gasteiger partial charge in [0.05, 0.1) is 23.1 Å². The molecule has 2 aromatic carbocycles. The first-order valence-electron chi connectivity index (χ1n) is 10.8. The summed E-state index contributed by atoms with van der Waals surface area (Å²) in [5.74, 6) is 1.38. The number of aliphatic hydroxyl groups excluding tert-OH is 2. The molecule has 1 aromatic heterocycles. The van der Waals surface area contributed by atoms with Crippen molar-refractivity contribution in [1.82, 2.24) is 15.0 Å². The van der Waals surface area contributed by atoms with E-state index in [0.717, 1.165) is 15.6 Å². The van der Waals surface area contributed by atoms with Crippen LogP contribution in [0.4, 0.5) is 4.39 Å². The van der Waals surface area contributed by atoms with Gasteiger partial charge in [-0.15, -0.1) is 16.7 Å². The van der Waals surface area contributed by atoms with Gasteiger partial charge in [-0.25, -0.2) is 9.07 Å². The smallest absolute Gasteiger partial charge is 0.135 e. The van der Waals surface area contributed by atoms with Crippen LogP contribution in [-0.2, 0) is 18.6 Å². The lowest BCUT2D eigenvalue weighted by atomic mass is 9.78. The average molecular weight is 556 g/mol. The number of hydrogen-bond acceptors (Lipinski definition) is 6. The van der Waals surface area contributed by atoms with Crippen LogP contribution in [0.2, 0.25) is 0 Å². The fraction of sp³-hybridized carbons (Fsp3) is 0.417. The minimum Gasteiger partial charge on any atom is -0.491 e. The number of benzene rings is 2. The highest BCUT2D eigenvalue weighted by Gasteiger charge is 2.24. The van der Waals surface area contributed by atoms with Crippen molar-refractivity contribution in [2.45, 2.75) is 44.7 Å². The maximum Gasteiger partial charge on any atom is 0.135 e. The summed E-state index contributed by atoms with van der Waals surface area (Å²) in [5, 5.41) is 27.2. The zero-order chi connectivity index (χ0) is 24.7. The number of hydrogen-bond donors (Lipinski definition) is 2. The van der Waals surface area contributed by atoms with Gasteiger partial charge in [0, 0.05) is 5.41 Å². The zero-order valence-corrected chi connectivity index (χ0v) is 21.3. The van der Waals surface area contributed by atoms with Crippen molar-refractivity contribution in [2.75, 3.05) is 19.1 Å². The summed E-state index contributed by atoms with van der Waals surface area (Å²) in [7, 11) is 0. The molecule has 0 aliphatic heterocycles. The van der Waals surface area contributed by atoms with Crippen LogP contribution in [0.15, 0.2) is 53.1 Å². The third-order valence-corrected chi connectivity index (χ3v) is 6.38. The number of nitrogens with zero attached hydrogens (tertiary/aromatic N) is 3. The van der Waals surface area contributed by atoms with Gasteiger partial charge in [0.15, 0.2) is 0 Å². The first kappa shape index (κ1) is 26.4. The molecule has 0 saturated heterocycles. The largest absolute Gasteiger partial charge is 0.491 e. The first-order valence-corrected chi connectivity index (χ1v) is 12.1. The van der Waals surface area contributed by atoms with E-state index in [1.54, 1.807) is 0 Å². The van der Waals surface area contributed by atoms with Crippen molar-refractivity contribution in [3.8, 4) is 11.5 Å². The van der Waals surface area contributed by atoms with E-state index in [2.05, 4.69) is 40.1 Å². The second-order valence-electron chi connectivity index (χ2n) is 8.44. The Morgan fingerprint density at radius 3 is 2.35 bits per heavy atom. The second-order valence-corrected chi connectivity index (χ2v) is 9.61. The van der Waals surface area contributed by atoms with Crippen LogP contribution in [0.5, 0.6) is 11.5 Å². The number of rotatable bonds is 12. The Labute approximate surface area is 211 Å². The van der Waals surface area contributed by atoms with E-state index in [4.69, 9.17) is 21.1 Å². The molecule has 0 amide bonds. The van der Waals surface area contributed by atoms with E-state index in [-0.39, 0.29) is 36.7 Å². The summed E-state index contributed by atoms with van der Waals surface area (Å²) >= 11 is 9.16. The molecular formula is C24H28BrClFN3O4. The van der Waals surface area contributed by atoms with Crippen molar-refractivity contribution in [3.63, 3.8) is 0 Å². The average Bonchev–Trinajstić information content (AvgIpc) is 3.29. The Balaban J connectivity index is 1.59. The molecule has 10 heteroatoms. The molecule has 1 heterocycles. The van der Waals surface area contributed by atoms with E-state index < -0.39 is 18.9 Å². The highest BCUT2D eigenvalue weighted by molar-refractivity contribution is 9.10. The molecule has 0 unspecified atom stereocenters. The Morgan fingerprint density at radius 1 is 1.06 bits per heavy atom. The Morgan fingerprint density at radius 2 is 1.74 bits per heavy atom. The van der Waals surface area contributed by atoms with E-state index in [1.807, 2.05) is 42.5 Å². The fourth-order valence-electron chi connectivity index (χ4n) is 3.32. The molecule has 0 saturated carbocycles. The fourth-order valence-corrected chi connectivity index (χ4v) is 3.90. The quantitative estimate of drug-likeness (QED) is 0.325. The molecule has 3 aromatic rings. The molecule has 2 atom stereocenters. The SMILES string of the molecule is CC(C)(c1ccc(OC[C@@H](O)Cn2cc(C[18F])nn2)cc1)c1ccc(OC[C@@H](O)CCl)c(Br)c1. The lowest BCUT2D eigenvalue weighted by molar-refractivity contribution is 0.0888. The molecule has 2 N–H and O–H groups in total. The zero-order valence-electron chi connectivity index (χ0n) is 19.0. The number of halogens is 3. The van der Waals surface area contributed by atoms with Crippen molar-refractivity contribution < 1.29 is 24.1 Å². The highest BCUT2D eigenvalue weighted by Crippen LogP contribution is 2.36. The summed E-state index contributed by atoms with van der Waals surface area (Å²) in [6, 6.07) is 13.6. The summed E-state index contributed by atoms with van der Waals surface area (Å²) in [5.41, 5.74) is 2.09. The van der Waals surface area contributed by atoms with Gasteiger partial charge in [0.1, 0.15) is 49.3 Å². The predicted molar refractivity (Wildman–Crippen MR) is 131 cm³/mol. The van der Waals surface area contributed by atoms with Crippen LogP contribution in [0.1, 0.15) is 30.7 Å². The molecule has 7 nitrogen and oxygen atoms in total.